The van der Waals surface area contributed by atoms with Crippen LogP contribution in [0.3, 0.4) is 0 Å². The molecule has 1 unspecified atom stereocenters. The molecule has 2 aliphatic heterocycles. The van der Waals surface area contributed by atoms with Crippen molar-refractivity contribution in [1.29, 1.82) is 0 Å². The van der Waals surface area contributed by atoms with Crippen LogP contribution in [0.4, 0.5) is 4.39 Å². The van der Waals surface area contributed by atoms with Gasteiger partial charge in [-0.15, -0.1) is 0 Å². The van der Waals surface area contributed by atoms with Gasteiger partial charge in [-0.2, -0.15) is 0 Å². The van der Waals surface area contributed by atoms with E-state index in [9.17, 15) is 4.39 Å². The van der Waals surface area contributed by atoms with Gasteiger partial charge >= 0.3 is 0 Å². The second-order valence-corrected chi connectivity index (χ2v) is 5.22. The van der Waals surface area contributed by atoms with Crippen molar-refractivity contribution in [2.75, 3.05) is 19.7 Å². The van der Waals surface area contributed by atoms with Gasteiger partial charge in [0.05, 0.1) is 12.7 Å². The second-order valence-electron chi connectivity index (χ2n) is 5.22. The average Bonchev–Trinajstić information content (AvgIpc) is 2.85. The van der Waals surface area contributed by atoms with Gasteiger partial charge in [0.25, 0.3) is 0 Å². The number of fused-ring (bicyclic) bond motifs is 1. The van der Waals surface area contributed by atoms with Crippen molar-refractivity contribution in [2.45, 2.75) is 38.3 Å². The van der Waals surface area contributed by atoms with Crippen LogP contribution >= 0.6 is 0 Å². The average molecular weight is 249 g/mol. The van der Waals surface area contributed by atoms with E-state index in [1.54, 1.807) is 12.1 Å². The maximum atomic E-state index is 13.3. The van der Waals surface area contributed by atoms with Crippen molar-refractivity contribution in [3.05, 3.63) is 35.1 Å². The first-order chi connectivity index (χ1) is 8.79. The van der Waals surface area contributed by atoms with Crippen molar-refractivity contribution >= 4 is 0 Å². The van der Waals surface area contributed by atoms with Crippen molar-refractivity contribution in [2.24, 2.45) is 0 Å². The summed E-state index contributed by atoms with van der Waals surface area (Å²) < 4.78 is 19.3. The van der Waals surface area contributed by atoms with Crippen molar-refractivity contribution in [1.82, 2.24) is 4.90 Å². The Morgan fingerprint density at radius 2 is 2.33 bits per heavy atom. The van der Waals surface area contributed by atoms with Gasteiger partial charge in [-0.25, -0.2) is 4.39 Å². The number of likely N-dealkylation sites (N-methyl/N-ethyl adjacent to an activating group) is 1. The molecule has 1 fully saturated rings. The first kappa shape index (κ1) is 12.1. The lowest BCUT2D eigenvalue weighted by atomic mass is 9.92. The summed E-state index contributed by atoms with van der Waals surface area (Å²) in [4.78, 5) is 2.49. The molecule has 0 aliphatic carbocycles. The van der Waals surface area contributed by atoms with Gasteiger partial charge in [-0.3, -0.25) is 4.90 Å². The Kier molecular flexibility index (Phi) is 3.35. The fourth-order valence-electron chi connectivity index (χ4n) is 3.36. The lowest BCUT2D eigenvalue weighted by Crippen LogP contribution is -2.37. The lowest BCUT2D eigenvalue weighted by molar-refractivity contribution is -0.0108. The summed E-state index contributed by atoms with van der Waals surface area (Å²) in [6.45, 7) is 5.15. The summed E-state index contributed by atoms with van der Waals surface area (Å²) in [6, 6.07) is 5.63. The zero-order valence-corrected chi connectivity index (χ0v) is 10.9. The highest BCUT2D eigenvalue weighted by atomic mass is 19.1. The summed E-state index contributed by atoms with van der Waals surface area (Å²) in [7, 11) is 0. The summed E-state index contributed by atoms with van der Waals surface area (Å²) in [5, 5.41) is 0. The Bertz CT molecular complexity index is 435. The first-order valence-corrected chi connectivity index (χ1v) is 6.93. The minimum absolute atomic E-state index is 0.131. The molecule has 0 N–H and O–H groups in total. The van der Waals surface area contributed by atoms with Gasteiger partial charge in [0.2, 0.25) is 0 Å². The SMILES string of the molecule is CCN1CCCC1[C@@H]1OCCc2cc(F)ccc21. The van der Waals surface area contributed by atoms with Crippen molar-refractivity contribution in [3.63, 3.8) is 0 Å². The van der Waals surface area contributed by atoms with Crippen LogP contribution in [0, 0.1) is 5.82 Å². The molecule has 1 aromatic rings. The molecule has 0 amide bonds. The van der Waals surface area contributed by atoms with Crippen LogP contribution in [-0.2, 0) is 11.2 Å². The van der Waals surface area contributed by atoms with Crippen LogP contribution in [0.15, 0.2) is 18.2 Å². The molecule has 3 rings (SSSR count). The molecule has 0 spiro atoms. The highest BCUT2D eigenvalue weighted by molar-refractivity contribution is 5.32. The highest BCUT2D eigenvalue weighted by Crippen LogP contribution is 2.36. The van der Waals surface area contributed by atoms with Crippen LogP contribution in [0.5, 0.6) is 0 Å². The van der Waals surface area contributed by atoms with E-state index >= 15 is 0 Å². The molecule has 3 heteroatoms. The zero-order chi connectivity index (χ0) is 12.5. The molecule has 18 heavy (non-hydrogen) atoms. The third-order valence-electron chi connectivity index (χ3n) is 4.25. The van der Waals surface area contributed by atoms with E-state index in [1.165, 1.54) is 18.4 Å². The maximum Gasteiger partial charge on any atom is 0.123 e. The predicted molar refractivity (Wildman–Crippen MR) is 69.1 cm³/mol. The summed E-state index contributed by atoms with van der Waals surface area (Å²) in [5.41, 5.74) is 2.34. The molecule has 0 radical (unpaired) electrons. The first-order valence-electron chi connectivity index (χ1n) is 6.93. The molecular weight excluding hydrogens is 229 g/mol. The number of hydrogen-bond donors (Lipinski definition) is 0. The Hall–Kier alpha value is -0.930. The van der Waals surface area contributed by atoms with Crippen LogP contribution in [0.1, 0.15) is 37.0 Å². The lowest BCUT2D eigenvalue weighted by Gasteiger charge is -2.35. The van der Waals surface area contributed by atoms with E-state index in [2.05, 4.69) is 11.8 Å². The number of ether oxygens (including phenoxy) is 1. The molecule has 2 heterocycles. The molecule has 1 aromatic carbocycles. The number of hydrogen-bond acceptors (Lipinski definition) is 2. The van der Waals surface area contributed by atoms with Gasteiger partial charge in [-0.1, -0.05) is 13.0 Å². The largest absolute Gasteiger partial charge is 0.372 e. The quantitative estimate of drug-likeness (QED) is 0.799. The highest BCUT2D eigenvalue weighted by Gasteiger charge is 2.35. The minimum atomic E-state index is -0.131. The summed E-state index contributed by atoms with van der Waals surface area (Å²) in [5.74, 6) is -0.131. The van der Waals surface area contributed by atoms with Crippen LogP contribution < -0.4 is 0 Å². The third kappa shape index (κ3) is 2.06. The molecule has 2 aliphatic rings. The third-order valence-corrected chi connectivity index (χ3v) is 4.25. The topological polar surface area (TPSA) is 12.5 Å². The number of nitrogens with zero attached hydrogens (tertiary/aromatic N) is 1. The Morgan fingerprint density at radius 3 is 3.17 bits per heavy atom. The number of rotatable bonds is 2. The predicted octanol–water partition coefficient (Wildman–Crippen LogP) is 2.92. The molecule has 0 bridgehead atoms. The Balaban J connectivity index is 1.91. The number of halogens is 1. The van der Waals surface area contributed by atoms with Gasteiger partial charge in [0.1, 0.15) is 5.82 Å². The van der Waals surface area contributed by atoms with Crippen molar-refractivity contribution < 1.29 is 9.13 Å². The van der Waals surface area contributed by atoms with E-state index in [0.29, 0.717) is 6.04 Å². The van der Waals surface area contributed by atoms with Gasteiger partial charge in [-0.05, 0) is 55.6 Å². The Labute approximate surface area is 108 Å². The maximum absolute atomic E-state index is 13.3. The molecule has 2 atom stereocenters. The molecular formula is C15H20FNO. The fourth-order valence-corrected chi connectivity index (χ4v) is 3.36. The minimum Gasteiger partial charge on any atom is -0.372 e. The number of likely N-dealkylation sites (tertiary alicyclic amines) is 1. The zero-order valence-electron chi connectivity index (χ0n) is 10.9. The summed E-state index contributed by atoms with van der Waals surface area (Å²) >= 11 is 0. The normalized spacial score (nSPS) is 28.3. The van der Waals surface area contributed by atoms with Gasteiger partial charge < -0.3 is 4.74 Å². The van der Waals surface area contributed by atoms with E-state index in [-0.39, 0.29) is 11.9 Å². The van der Waals surface area contributed by atoms with E-state index in [1.807, 2.05) is 6.07 Å². The van der Waals surface area contributed by atoms with Crippen LogP contribution in [0.25, 0.3) is 0 Å². The fraction of sp³-hybridized carbons (Fsp3) is 0.600. The molecule has 1 saturated heterocycles. The second kappa shape index (κ2) is 4.98. The van der Waals surface area contributed by atoms with E-state index in [4.69, 9.17) is 4.74 Å². The number of benzene rings is 1. The van der Waals surface area contributed by atoms with E-state index in [0.717, 1.165) is 31.7 Å². The van der Waals surface area contributed by atoms with Crippen LogP contribution in [0.2, 0.25) is 0 Å². The monoisotopic (exact) mass is 249 g/mol. The molecule has 2 nitrogen and oxygen atoms in total. The molecule has 0 aromatic heterocycles. The summed E-state index contributed by atoms with van der Waals surface area (Å²) in [6.07, 6.45) is 3.41. The Morgan fingerprint density at radius 1 is 1.44 bits per heavy atom. The van der Waals surface area contributed by atoms with Crippen LogP contribution in [-0.4, -0.2) is 30.6 Å². The standard InChI is InChI=1S/C15H20FNO/c1-2-17-8-3-4-14(17)15-13-6-5-12(16)10-11(13)7-9-18-15/h5-6,10,14-15H,2-4,7-9H2,1H3/t14?,15-/m1/s1. The van der Waals surface area contributed by atoms with E-state index < -0.39 is 0 Å². The molecule has 98 valence electrons. The van der Waals surface area contributed by atoms with Gasteiger partial charge in [0.15, 0.2) is 0 Å². The van der Waals surface area contributed by atoms with Crippen molar-refractivity contribution in [3.8, 4) is 0 Å². The molecule has 0 saturated carbocycles. The smallest absolute Gasteiger partial charge is 0.123 e. The van der Waals surface area contributed by atoms with Gasteiger partial charge in [0, 0.05) is 6.04 Å².